The summed E-state index contributed by atoms with van der Waals surface area (Å²) in [5.41, 5.74) is -0.172. The van der Waals surface area contributed by atoms with Crippen molar-refractivity contribution in [2.45, 2.75) is 26.4 Å². The van der Waals surface area contributed by atoms with E-state index in [0.717, 1.165) is 0 Å². The van der Waals surface area contributed by atoms with Gasteiger partial charge < -0.3 is 9.47 Å². The molecule has 5 heteroatoms. The summed E-state index contributed by atoms with van der Waals surface area (Å²) < 4.78 is 10.3. The Morgan fingerprint density at radius 1 is 1.39 bits per heavy atom. The summed E-state index contributed by atoms with van der Waals surface area (Å²) in [6, 6.07) is 6.51. The third-order valence-corrected chi connectivity index (χ3v) is 2.00. The first-order chi connectivity index (χ1) is 8.30. The van der Waals surface area contributed by atoms with Crippen LogP contribution in [0.4, 0.5) is 0 Å². The third-order valence-electron chi connectivity index (χ3n) is 1.78. The molecule has 96 valence electrons. The number of rotatable bonds is 3. The van der Waals surface area contributed by atoms with E-state index in [9.17, 15) is 4.79 Å². The molecule has 18 heavy (non-hydrogen) atoms. The summed E-state index contributed by atoms with van der Waals surface area (Å²) in [5, 5.41) is 9.14. The standard InChI is InChI=1S/C13H14ClNO3/c1-13(2,3)18-12(16)8-17-11-5-9(7-15)4-10(14)6-11/h4-6H,8H2,1-3H3. The van der Waals surface area contributed by atoms with Crippen molar-refractivity contribution in [1.29, 1.82) is 5.26 Å². The molecule has 1 aromatic rings. The molecule has 0 aliphatic carbocycles. The van der Waals surface area contributed by atoms with E-state index in [1.807, 2.05) is 6.07 Å². The molecule has 0 atom stereocenters. The fourth-order valence-electron chi connectivity index (χ4n) is 1.22. The number of ether oxygens (including phenoxy) is 2. The van der Waals surface area contributed by atoms with Crippen molar-refractivity contribution in [2.75, 3.05) is 6.61 Å². The number of halogens is 1. The Labute approximate surface area is 111 Å². The fraction of sp³-hybridized carbons (Fsp3) is 0.385. The second-order valence-electron chi connectivity index (χ2n) is 4.66. The van der Waals surface area contributed by atoms with Crippen LogP contribution in [0.15, 0.2) is 18.2 Å². The van der Waals surface area contributed by atoms with Gasteiger partial charge in [-0.1, -0.05) is 11.6 Å². The number of carbonyl (C=O) groups excluding carboxylic acids is 1. The molecule has 0 aliphatic heterocycles. The zero-order valence-electron chi connectivity index (χ0n) is 10.5. The average molecular weight is 268 g/mol. The highest BCUT2D eigenvalue weighted by atomic mass is 35.5. The zero-order valence-corrected chi connectivity index (χ0v) is 11.2. The smallest absolute Gasteiger partial charge is 0.344 e. The molecule has 0 heterocycles. The molecule has 4 nitrogen and oxygen atoms in total. The minimum absolute atomic E-state index is 0.220. The van der Waals surface area contributed by atoms with Crippen molar-refractivity contribution in [2.24, 2.45) is 0 Å². The van der Waals surface area contributed by atoms with Crippen LogP contribution in [0.1, 0.15) is 26.3 Å². The molecule has 1 aromatic carbocycles. The Kier molecular flexibility index (Phi) is 4.57. The van der Waals surface area contributed by atoms with Crippen LogP contribution in [-0.2, 0) is 9.53 Å². The maximum absolute atomic E-state index is 11.4. The second-order valence-corrected chi connectivity index (χ2v) is 5.10. The summed E-state index contributed by atoms with van der Waals surface area (Å²) in [5.74, 6) is -0.106. The van der Waals surface area contributed by atoms with Gasteiger partial charge in [0.05, 0.1) is 11.6 Å². The first-order valence-corrected chi connectivity index (χ1v) is 5.73. The van der Waals surface area contributed by atoms with Crippen LogP contribution in [-0.4, -0.2) is 18.2 Å². The van der Waals surface area contributed by atoms with E-state index in [-0.39, 0.29) is 6.61 Å². The molecule has 0 N–H and O–H groups in total. The fourth-order valence-corrected chi connectivity index (χ4v) is 1.45. The van der Waals surface area contributed by atoms with E-state index in [4.69, 9.17) is 26.3 Å². The molecule has 0 aliphatic rings. The lowest BCUT2D eigenvalue weighted by molar-refractivity contribution is -0.157. The Morgan fingerprint density at radius 2 is 2.06 bits per heavy atom. The molecule has 0 saturated heterocycles. The van der Waals surface area contributed by atoms with Crippen LogP contribution in [0.3, 0.4) is 0 Å². The molecule has 0 fully saturated rings. The normalized spacial score (nSPS) is 10.6. The first-order valence-electron chi connectivity index (χ1n) is 5.35. The van der Waals surface area contributed by atoms with Gasteiger partial charge in [0.15, 0.2) is 6.61 Å². The lowest BCUT2D eigenvalue weighted by atomic mass is 10.2. The van der Waals surface area contributed by atoms with Gasteiger partial charge in [-0.25, -0.2) is 4.79 Å². The van der Waals surface area contributed by atoms with Crippen LogP contribution in [0.25, 0.3) is 0 Å². The van der Waals surface area contributed by atoms with Gasteiger partial charge in [0, 0.05) is 5.02 Å². The molecule has 0 radical (unpaired) electrons. The van der Waals surface area contributed by atoms with Crippen LogP contribution in [0.5, 0.6) is 5.75 Å². The van der Waals surface area contributed by atoms with E-state index in [1.54, 1.807) is 20.8 Å². The molecule has 0 saturated carbocycles. The summed E-state index contributed by atoms with van der Waals surface area (Å²) in [6.45, 7) is 5.11. The quantitative estimate of drug-likeness (QED) is 0.790. The largest absolute Gasteiger partial charge is 0.482 e. The molecule has 0 amide bonds. The molecular formula is C13H14ClNO3. The topological polar surface area (TPSA) is 59.3 Å². The van der Waals surface area contributed by atoms with E-state index >= 15 is 0 Å². The number of benzene rings is 1. The molecule has 0 spiro atoms. The van der Waals surface area contributed by atoms with Crippen molar-refractivity contribution < 1.29 is 14.3 Å². The molecule has 0 aromatic heterocycles. The van der Waals surface area contributed by atoms with E-state index < -0.39 is 11.6 Å². The van der Waals surface area contributed by atoms with E-state index in [1.165, 1.54) is 18.2 Å². The SMILES string of the molecule is CC(C)(C)OC(=O)COc1cc(Cl)cc(C#N)c1. The average Bonchev–Trinajstić information content (AvgIpc) is 2.23. The van der Waals surface area contributed by atoms with Gasteiger partial charge >= 0.3 is 5.97 Å². The van der Waals surface area contributed by atoms with Gasteiger partial charge in [0.2, 0.25) is 0 Å². The lowest BCUT2D eigenvalue weighted by Gasteiger charge is -2.19. The van der Waals surface area contributed by atoms with Crippen LogP contribution < -0.4 is 4.74 Å². The minimum atomic E-state index is -0.549. The Hall–Kier alpha value is -1.73. The number of esters is 1. The van der Waals surface area contributed by atoms with Gasteiger partial charge in [-0.15, -0.1) is 0 Å². The minimum Gasteiger partial charge on any atom is -0.482 e. The molecular weight excluding hydrogens is 254 g/mol. The number of hydrogen-bond acceptors (Lipinski definition) is 4. The Morgan fingerprint density at radius 3 is 2.61 bits per heavy atom. The predicted octanol–water partition coefficient (Wildman–Crippen LogP) is 2.93. The number of nitrogens with zero attached hydrogens (tertiary/aromatic N) is 1. The van der Waals surface area contributed by atoms with Crippen molar-refractivity contribution >= 4 is 17.6 Å². The van der Waals surface area contributed by atoms with Crippen molar-refractivity contribution in [3.63, 3.8) is 0 Å². The maximum atomic E-state index is 11.4. The van der Waals surface area contributed by atoms with Gasteiger partial charge in [0.25, 0.3) is 0 Å². The van der Waals surface area contributed by atoms with Crippen LogP contribution in [0, 0.1) is 11.3 Å². The summed E-state index contributed by atoms with van der Waals surface area (Å²) in [6.07, 6.45) is 0. The van der Waals surface area contributed by atoms with Crippen molar-refractivity contribution in [3.8, 4) is 11.8 Å². The van der Waals surface area contributed by atoms with Crippen LogP contribution in [0.2, 0.25) is 5.02 Å². The highest BCUT2D eigenvalue weighted by Gasteiger charge is 2.16. The predicted molar refractivity (Wildman–Crippen MR) is 67.5 cm³/mol. The van der Waals surface area contributed by atoms with E-state index in [0.29, 0.717) is 16.3 Å². The third kappa shape index (κ3) is 5.07. The molecule has 0 bridgehead atoms. The molecule has 1 rings (SSSR count). The highest BCUT2D eigenvalue weighted by molar-refractivity contribution is 6.30. The Balaban J connectivity index is 2.62. The Bertz CT molecular complexity index is 486. The van der Waals surface area contributed by atoms with E-state index in [2.05, 4.69) is 0 Å². The second kappa shape index (κ2) is 5.74. The maximum Gasteiger partial charge on any atom is 0.344 e. The monoisotopic (exact) mass is 267 g/mol. The number of nitriles is 1. The van der Waals surface area contributed by atoms with Crippen LogP contribution >= 0.6 is 11.6 Å². The summed E-state index contributed by atoms with van der Waals surface area (Å²) in [4.78, 5) is 11.4. The zero-order chi connectivity index (χ0) is 13.8. The van der Waals surface area contributed by atoms with Gasteiger partial charge in [-0.05, 0) is 39.0 Å². The van der Waals surface area contributed by atoms with Crippen molar-refractivity contribution in [1.82, 2.24) is 0 Å². The first kappa shape index (κ1) is 14.3. The highest BCUT2D eigenvalue weighted by Crippen LogP contribution is 2.20. The van der Waals surface area contributed by atoms with Gasteiger partial charge in [0.1, 0.15) is 11.4 Å². The molecule has 0 unspecified atom stereocenters. The summed E-state index contributed by atoms with van der Waals surface area (Å²) in [7, 11) is 0. The van der Waals surface area contributed by atoms with Gasteiger partial charge in [-0.2, -0.15) is 5.26 Å². The number of carbonyl (C=O) groups is 1. The van der Waals surface area contributed by atoms with Crippen molar-refractivity contribution in [3.05, 3.63) is 28.8 Å². The van der Waals surface area contributed by atoms with Gasteiger partial charge in [-0.3, -0.25) is 0 Å². The number of hydrogen-bond donors (Lipinski definition) is 0. The lowest BCUT2D eigenvalue weighted by Crippen LogP contribution is -2.27. The summed E-state index contributed by atoms with van der Waals surface area (Å²) >= 11 is 5.80.